The monoisotopic (exact) mass is 310 g/mol. The second kappa shape index (κ2) is 4.12. The van der Waals surface area contributed by atoms with Crippen LogP contribution in [-0.2, 0) is 0 Å². The molecule has 78 valence electrons. The van der Waals surface area contributed by atoms with Gasteiger partial charge in [-0.25, -0.2) is 0 Å². The van der Waals surface area contributed by atoms with Crippen LogP contribution < -0.4 is 0 Å². The number of fused-ring (bicyclic) bond motifs is 1. The molecule has 0 aromatic heterocycles. The molecule has 0 unspecified atom stereocenters. The van der Waals surface area contributed by atoms with Crippen LogP contribution in [0.25, 0.3) is 10.8 Å². The van der Waals surface area contributed by atoms with Crippen molar-refractivity contribution in [1.82, 2.24) is 0 Å². The van der Waals surface area contributed by atoms with Crippen molar-refractivity contribution in [3.63, 3.8) is 0 Å². The maximum absolute atomic E-state index is 2.39. The van der Waals surface area contributed by atoms with E-state index in [1.165, 1.54) is 25.5 Å². The lowest BCUT2D eigenvalue weighted by Crippen LogP contribution is -1.91. The van der Waals surface area contributed by atoms with E-state index in [0.717, 1.165) is 0 Å². The first-order valence-corrected chi connectivity index (χ1v) is 6.36. The SMILES string of the molecule is Cc1cc(I)cc2c(C(C)C)cccc12. The summed E-state index contributed by atoms with van der Waals surface area (Å²) in [5, 5.41) is 2.80. The van der Waals surface area contributed by atoms with Crippen LogP contribution in [0.4, 0.5) is 0 Å². The molecule has 0 atom stereocenters. The van der Waals surface area contributed by atoms with Gasteiger partial charge in [-0.3, -0.25) is 0 Å². The average molecular weight is 310 g/mol. The van der Waals surface area contributed by atoms with Crippen LogP contribution >= 0.6 is 22.6 Å². The number of aryl methyl sites for hydroxylation is 1. The zero-order valence-corrected chi connectivity index (χ0v) is 11.5. The fourth-order valence-electron chi connectivity index (χ4n) is 2.06. The summed E-state index contributed by atoms with van der Waals surface area (Å²) >= 11 is 2.39. The lowest BCUT2D eigenvalue weighted by atomic mass is 9.94. The Morgan fingerprint density at radius 3 is 2.47 bits per heavy atom. The van der Waals surface area contributed by atoms with Crippen molar-refractivity contribution in [2.45, 2.75) is 26.7 Å². The Bertz CT molecular complexity index is 498. The van der Waals surface area contributed by atoms with Crippen molar-refractivity contribution in [3.05, 3.63) is 45.0 Å². The highest BCUT2D eigenvalue weighted by Gasteiger charge is 2.06. The number of halogens is 1. The minimum atomic E-state index is 0.589. The van der Waals surface area contributed by atoms with E-state index >= 15 is 0 Å². The van der Waals surface area contributed by atoms with Gasteiger partial charge < -0.3 is 0 Å². The number of benzene rings is 2. The van der Waals surface area contributed by atoms with Crippen molar-refractivity contribution in [3.8, 4) is 0 Å². The fraction of sp³-hybridized carbons (Fsp3) is 0.286. The number of rotatable bonds is 1. The van der Waals surface area contributed by atoms with Gasteiger partial charge in [0.2, 0.25) is 0 Å². The van der Waals surface area contributed by atoms with Crippen molar-refractivity contribution >= 4 is 33.4 Å². The maximum Gasteiger partial charge on any atom is 0.0139 e. The molecule has 2 aromatic carbocycles. The average Bonchev–Trinajstić information content (AvgIpc) is 2.16. The smallest absolute Gasteiger partial charge is 0.0139 e. The molecule has 15 heavy (non-hydrogen) atoms. The Kier molecular flexibility index (Phi) is 3.01. The van der Waals surface area contributed by atoms with Crippen LogP contribution in [0.2, 0.25) is 0 Å². The minimum Gasteiger partial charge on any atom is -0.0613 e. The molecule has 0 bridgehead atoms. The van der Waals surface area contributed by atoms with Crippen LogP contribution in [0.5, 0.6) is 0 Å². The number of hydrogen-bond donors (Lipinski definition) is 0. The van der Waals surface area contributed by atoms with Gasteiger partial charge in [-0.2, -0.15) is 0 Å². The maximum atomic E-state index is 2.39. The molecule has 1 heteroatoms. The molecule has 0 saturated heterocycles. The molecule has 0 saturated carbocycles. The highest BCUT2D eigenvalue weighted by molar-refractivity contribution is 14.1. The Morgan fingerprint density at radius 2 is 1.80 bits per heavy atom. The molecule has 2 rings (SSSR count). The Morgan fingerprint density at radius 1 is 1.07 bits per heavy atom. The summed E-state index contributed by atoms with van der Waals surface area (Å²) in [6.07, 6.45) is 0. The first-order chi connectivity index (χ1) is 7.09. The third-order valence-electron chi connectivity index (χ3n) is 2.82. The van der Waals surface area contributed by atoms with E-state index in [2.05, 4.69) is 73.7 Å². The summed E-state index contributed by atoms with van der Waals surface area (Å²) in [4.78, 5) is 0. The predicted molar refractivity (Wildman–Crippen MR) is 75.5 cm³/mol. The summed E-state index contributed by atoms with van der Waals surface area (Å²) in [5.41, 5.74) is 2.83. The van der Waals surface area contributed by atoms with Crippen LogP contribution in [0.1, 0.15) is 30.9 Å². The molecule has 0 radical (unpaired) electrons. The highest BCUT2D eigenvalue weighted by atomic mass is 127. The highest BCUT2D eigenvalue weighted by Crippen LogP contribution is 2.29. The molecule has 0 spiro atoms. The van der Waals surface area contributed by atoms with Crippen LogP contribution in [-0.4, -0.2) is 0 Å². The normalized spacial score (nSPS) is 11.3. The van der Waals surface area contributed by atoms with Gasteiger partial charge >= 0.3 is 0 Å². The van der Waals surface area contributed by atoms with Gasteiger partial charge in [-0.05, 0) is 69.5 Å². The quantitative estimate of drug-likeness (QED) is 0.659. The third kappa shape index (κ3) is 2.03. The molecule has 0 heterocycles. The molecule has 0 aliphatic heterocycles. The largest absolute Gasteiger partial charge is 0.0613 e. The van der Waals surface area contributed by atoms with Gasteiger partial charge in [-0.15, -0.1) is 0 Å². The van der Waals surface area contributed by atoms with Gasteiger partial charge in [-0.1, -0.05) is 32.0 Å². The molecule has 2 aromatic rings. The van der Waals surface area contributed by atoms with Crippen molar-refractivity contribution in [2.24, 2.45) is 0 Å². The topological polar surface area (TPSA) is 0 Å². The fourth-order valence-corrected chi connectivity index (χ4v) is 2.83. The van der Waals surface area contributed by atoms with Crippen molar-refractivity contribution in [2.75, 3.05) is 0 Å². The van der Waals surface area contributed by atoms with Crippen LogP contribution in [0, 0.1) is 10.5 Å². The second-order valence-electron chi connectivity index (χ2n) is 4.32. The third-order valence-corrected chi connectivity index (χ3v) is 3.45. The van der Waals surface area contributed by atoms with Crippen molar-refractivity contribution in [1.29, 1.82) is 0 Å². The molecular weight excluding hydrogens is 295 g/mol. The van der Waals surface area contributed by atoms with Gasteiger partial charge in [0.05, 0.1) is 0 Å². The zero-order chi connectivity index (χ0) is 11.0. The first kappa shape index (κ1) is 10.9. The summed E-state index contributed by atoms with van der Waals surface area (Å²) in [6, 6.07) is 11.2. The van der Waals surface area contributed by atoms with E-state index in [1.807, 2.05) is 0 Å². The number of hydrogen-bond acceptors (Lipinski definition) is 0. The van der Waals surface area contributed by atoms with Crippen molar-refractivity contribution < 1.29 is 0 Å². The van der Waals surface area contributed by atoms with E-state index in [1.54, 1.807) is 0 Å². The second-order valence-corrected chi connectivity index (χ2v) is 5.57. The molecule has 0 aliphatic carbocycles. The minimum absolute atomic E-state index is 0.589. The lowest BCUT2D eigenvalue weighted by Gasteiger charge is -2.12. The Hall–Kier alpha value is -0.570. The summed E-state index contributed by atoms with van der Waals surface area (Å²) in [6.45, 7) is 6.70. The van der Waals surface area contributed by atoms with E-state index in [0.29, 0.717) is 5.92 Å². The molecule has 0 aliphatic rings. The Balaban J connectivity index is 2.85. The molecule has 0 amide bonds. The van der Waals surface area contributed by atoms with E-state index in [9.17, 15) is 0 Å². The summed E-state index contributed by atoms with van der Waals surface area (Å²) < 4.78 is 1.32. The molecular formula is C14H15I. The standard InChI is InChI=1S/C14H15I/c1-9(2)12-5-4-6-13-10(3)7-11(15)8-14(12)13/h4-9H,1-3H3. The van der Waals surface area contributed by atoms with E-state index < -0.39 is 0 Å². The molecule has 0 fully saturated rings. The van der Waals surface area contributed by atoms with Crippen LogP contribution in [0.3, 0.4) is 0 Å². The van der Waals surface area contributed by atoms with Gasteiger partial charge in [0.25, 0.3) is 0 Å². The van der Waals surface area contributed by atoms with E-state index in [-0.39, 0.29) is 0 Å². The zero-order valence-electron chi connectivity index (χ0n) is 9.34. The molecule has 0 N–H and O–H groups in total. The van der Waals surface area contributed by atoms with Crippen LogP contribution in [0.15, 0.2) is 30.3 Å². The Labute approximate surface area is 105 Å². The summed E-state index contributed by atoms with van der Waals surface area (Å²) in [5.74, 6) is 0.589. The van der Waals surface area contributed by atoms with Gasteiger partial charge in [0.1, 0.15) is 0 Å². The molecule has 0 nitrogen and oxygen atoms in total. The predicted octanol–water partition coefficient (Wildman–Crippen LogP) is 4.88. The van der Waals surface area contributed by atoms with Gasteiger partial charge in [0, 0.05) is 3.57 Å². The summed E-state index contributed by atoms with van der Waals surface area (Å²) in [7, 11) is 0. The van der Waals surface area contributed by atoms with Gasteiger partial charge in [0.15, 0.2) is 0 Å². The first-order valence-electron chi connectivity index (χ1n) is 5.28. The lowest BCUT2D eigenvalue weighted by molar-refractivity contribution is 0.876. The van der Waals surface area contributed by atoms with E-state index in [4.69, 9.17) is 0 Å².